The van der Waals surface area contributed by atoms with Crippen molar-refractivity contribution in [3.8, 4) is 11.5 Å². The average molecular weight is 495 g/mol. The maximum absolute atomic E-state index is 12.6. The number of aryl methyl sites for hydroxylation is 2. The van der Waals surface area contributed by atoms with Crippen LogP contribution in [0, 0.1) is 11.8 Å². The molecule has 0 bridgehead atoms. The summed E-state index contributed by atoms with van der Waals surface area (Å²) in [6.45, 7) is 13.0. The first-order valence-corrected chi connectivity index (χ1v) is 12.9. The molecular formula is C30H38O6. The summed E-state index contributed by atoms with van der Waals surface area (Å²) in [5, 5.41) is 2.69. The van der Waals surface area contributed by atoms with E-state index in [0.29, 0.717) is 44.9 Å². The van der Waals surface area contributed by atoms with Crippen LogP contribution < -0.4 is 9.47 Å². The van der Waals surface area contributed by atoms with E-state index in [-0.39, 0.29) is 13.2 Å². The van der Waals surface area contributed by atoms with E-state index in [9.17, 15) is 9.59 Å². The molecule has 0 aromatic heterocycles. The summed E-state index contributed by atoms with van der Waals surface area (Å²) < 4.78 is 22.3. The molecule has 0 aliphatic carbocycles. The molecular weight excluding hydrogens is 456 g/mol. The fourth-order valence-electron chi connectivity index (χ4n) is 4.09. The molecule has 0 aliphatic rings. The maximum atomic E-state index is 12.6. The number of carbonyl (C=O) groups is 2. The molecule has 0 radical (unpaired) electrons. The third-order valence-corrected chi connectivity index (χ3v) is 6.21. The van der Waals surface area contributed by atoms with Crippen molar-refractivity contribution in [1.82, 2.24) is 0 Å². The molecule has 194 valence electrons. The van der Waals surface area contributed by atoms with Gasteiger partial charge in [0.25, 0.3) is 0 Å². The van der Waals surface area contributed by atoms with Gasteiger partial charge in [-0.15, -0.1) is 0 Å². The Balaban J connectivity index is 2.12. The fourth-order valence-corrected chi connectivity index (χ4v) is 4.09. The number of hydrogen-bond acceptors (Lipinski definition) is 6. The van der Waals surface area contributed by atoms with Crippen molar-refractivity contribution in [2.75, 3.05) is 13.2 Å². The summed E-state index contributed by atoms with van der Waals surface area (Å²) in [5.41, 5.74) is 2.28. The number of hydrogen-bond donors (Lipinski definition) is 0. The number of carbonyl (C=O) groups excluding carboxylic acids is 2. The quantitative estimate of drug-likeness (QED) is 0.161. The van der Waals surface area contributed by atoms with E-state index >= 15 is 0 Å². The van der Waals surface area contributed by atoms with Crippen LogP contribution in [-0.2, 0) is 22.3 Å². The highest BCUT2D eigenvalue weighted by Gasteiger charge is 2.22. The molecule has 0 unspecified atom stereocenters. The van der Waals surface area contributed by atoms with E-state index in [1.165, 1.54) is 0 Å². The monoisotopic (exact) mass is 494 g/mol. The molecule has 0 saturated heterocycles. The molecule has 3 aromatic carbocycles. The van der Waals surface area contributed by atoms with Crippen LogP contribution >= 0.6 is 0 Å². The van der Waals surface area contributed by atoms with Crippen molar-refractivity contribution in [3.63, 3.8) is 0 Å². The van der Waals surface area contributed by atoms with Gasteiger partial charge in [0, 0.05) is 21.5 Å². The van der Waals surface area contributed by atoms with E-state index in [4.69, 9.17) is 18.9 Å². The fraction of sp³-hybridized carbons (Fsp3) is 0.467. The normalized spacial score (nSPS) is 11.3. The summed E-state index contributed by atoms with van der Waals surface area (Å²) in [4.78, 5) is 25.3. The Morgan fingerprint density at radius 3 is 1.39 bits per heavy atom. The molecule has 0 heterocycles. The van der Waals surface area contributed by atoms with Crippen LogP contribution in [0.25, 0.3) is 21.5 Å². The smallest absolute Gasteiger partial charge is 0.434 e. The minimum atomic E-state index is -0.749. The van der Waals surface area contributed by atoms with Crippen LogP contribution in [0.1, 0.15) is 65.5 Å². The van der Waals surface area contributed by atoms with Gasteiger partial charge in [-0.25, -0.2) is 9.59 Å². The maximum Gasteiger partial charge on any atom is 0.513 e. The second-order valence-electron chi connectivity index (χ2n) is 9.84. The minimum absolute atomic E-state index is 0.288. The largest absolute Gasteiger partial charge is 0.513 e. The van der Waals surface area contributed by atoms with E-state index in [2.05, 4.69) is 41.5 Å². The van der Waals surface area contributed by atoms with Crippen molar-refractivity contribution >= 4 is 33.9 Å². The molecule has 3 aromatic rings. The number of rotatable bonds is 10. The Morgan fingerprint density at radius 1 is 0.667 bits per heavy atom. The summed E-state index contributed by atoms with van der Waals surface area (Å²) in [7, 11) is 0. The highest BCUT2D eigenvalue weighted by Crippen LogP contribution is 2.44. The number of ether oxygens (including phenoxy) is 4. The molecule has 36 heavy (non-hydrogen) atoms. The summed E-state index contributed by atoms with van der Waals surface area (Å²) in [5.74, 6) is 1.62. The van der Waals surface area contributed by atoms with Gasteiger partial charge in [-0.3, -0.25) is 0 Å². The lowest BCUT2D eigenvalue weighted by Crippen LogP contribution is -2.15. The Kier molecular flexibility index (Phi) is 9.57. The second-order valence-corrected chi connectivity index (χ2v) is 9.84. The molecule has 0 N–H and O–H groups in total. The number of fused-ring (bicyclic) bond motifs is 2. The van der Waals surface area contributed by atoms with Crippen LogP contribution in [0.2, 0.25) is 0 Å². The van der Waals surface area contributed by atoms with E-state index in [0.717, 1.165) is 36.8 Å². The molecule has 0 fully saturated rings. The lowest BCUT2D eigenvalue weighted by molar-refractivity contribution is 0.0940. The van der Waals surface area contributed by atoms with Gasteiger partial charge >= 0.3 is 12.3 Å². The molecule has 0 spiro atoms. The topological polar surface area (TPSA) is 71.1 Å². The van der Waals surface area contributed by atoms with Crippen molar-refractivity contribution < 1.29 is 28.5 Å². The van der Waals surface area contributed by atoms with Crippen molar-refractivity contribution in [2.24, 2.45) is 11.8 Å². The molecule has 0 atom stereocenters. The average Bonchev–Trinajstić information content (AvgIpc) is 2.84. The van der Waals surface area contributed by atoms with Gasteiger partial charge in [-0.1, -0.05) is 65.8 Å². The first-order valence-electron chi connectivity index (χ1n) is 12.9. The van der Waals surface area contributed by atoms with Crippen molar-refractivity contribution in [3.05, 3.63) is 47.5 Å². The van der Waals surface area contributed by atoms with Crippen LogP contribution in [0.15, 0.2) is 36.4 Å². The summed E-state index contributed by atoms with van der Waals surface area (Å²) in [6, 6.07) is 11.5. The predicted octanol–water partition coefficient (Wildman–Crippen LogP) is 8.24. The van der Waals surface area contributed by atoms with Gasteiger partial charge in [0.15, 0.2) is 0 Å². The van der Waals surface area contributed by atoms with Crippen LogP contribution in [0.3, 0.4) is 0 Å². The van der Waals surface area contributed by atoms with Crippen molar-refractivity contribution in [1.29, 1.82) is 0 Å². The predicted molar refractivity (Wildman–Crippen MR) is 143 cm³/mol. The zero-order valence-corrected chi connectivity index (χ0v) is 22.3. The van der Waals surface area contributed by atoms with Crippen LogP contribution in [0.5, 0.6) is 11.5 Å². The first-order chi connectivity index (χ1) is 17.2. The van der Waals surface area contributed by atoms with Gasteiger partial charge < -0.3 is 18.9 Å². The molecule has 3 rings (SSSR count). The SMILES string of the molecule is CCc1cc2c(OC(=O)OCCC(C)C)c3ccccc3c(OC(=O)OCCC(C)C)c2cc1CC. The molecule has 0 saturated carbocycles. The van der Waals surface area contributed by atoms with Gasteiger partial charge in [0.05, 0.1) is 13.2 Å². The second kappa shape index (κ2) is 12.6. The van der Waals surface area contributed by atoms with Gasteiger partial charge in [-0.2, -0.15) is 0 Å². The van der Waals surface area contributed by atoms with Crippen molar-refractivity contribution in [2.45, 2.75) is 67.2 Å². The third-order valence-electron chi connectivity index (χ3n) is 6.21. The van der Waals surface area contributed by atoms with Gasteiger partial charge in [0.2, 0.25) is 0 Å². The Hall–Kier alpha value is -3.28. The molecule has 0 aliphatic heterocycles. The zero-order chi connectivity index (χ0) is 26.2. The molecule has 6 heteroatoms. The lowest BCUT2D eigenvalue weighted by Gasteiger charge is -2.18. The summed E-state index contributed by atoms with van der Waals surface area (Å²) in [6.07, 6.45) is 1.64. The minimum Gasteiger partial charge on any atom is -0.434 e. The highest BCUT2D eigenvalue weighted by atomic mass is 16.7. The molecule has 0 amide bonds. The van der Waals surface area contributed by atoms with Crippen LogP contribution in [0.4, 0.5) is 9.59 Å². The van der Waals surface area contributed by atoms with Gasteiger partial charge in [-0.05, 0) is 60.8 Å². The van der Waals surface area contributed by atoms with E-state index in [1.807, 2.05) is 36.4 Å². The Morgan fingerprint density at radius 2 is 1.06 bits per heavy atom. The Labute approximate surface area is 213 Å². The number of benzene rings is 3. The standard InChI is InChI=1S/C30H38O6/c1-7-21-17-25-26(18-22(21)8-2)28(36-30(32)34-16-14-20(5)6)24-12-10-9-11-23(24)27(25)35-29(31)33-15-13-19(3)4/h9-12,17-20H,7-8,13-16H2,1-6H3. The Bertz CT molecular complexity index is 1120. The third kappa shape index (κ3) is 6.68. The van der Waals surface area contributed by atoms with Crippen LogP contribution in [-0.4, -0.2) is 25.5 Å². The summed E-state index contributed by atoms with van der Waals surface area (Å²) >= 11 is 0. The first kappa shape index (κ1) is 27.3. The highest BCUT2D eigenvalue weighted by molar-refractivity contribution is 6.12. The molecule has 6 nitrogen and oxygen atoms in total. The van der Waals surface area contributed by atoms with Gasteiger partial charge in [0.1, 0.15) is 11.5 Å². The lowest BCUT2D eigenvalue weighted by atomic mass is 9.94. The van der Waals surface area contributed by atoms with E-state index in [1.54, 1.807) is 0 Å². The zero-order valence-electron chi connectivity index (χ0n) is 22.3. The van der Waals surface area contributed by atoms with E-state index < -0.39 is 12.3 Å².